The van der Waals surface area contributed by atoms with Crippen molar-refractivity contribution in [2.24, 2.45) is 5.73 Å². The van der Waals surface area contributed by atoms with Crippen LogP contribution in [0.2, 0.25) is 0 Å². The molecule has 0 aliphatic carbocycles. The number of hydrogen-bond donors (Lipinski definition) is 2. The van der Waals surface area contributed by atoms with E-state index in [1.54, 1.807) is 0 Å². The highest BCUT2D eigenvalue weighted by Crippen LogP contribution is 2.36. The van der Waals surface area contributed by atoms with Crippen LogP contribution in [0.3, 0.4) is 0 Å². The maximum absolute atomic E-state index is 13.7. The molecule has 0 aromatic carbocycles. The van der Waals surface area contributed by atoms with Gasteiger partial charge in [-0.3, -0.25) is 0 Å². The van der Waals surface area contributed by atoms with Gasteiger partial charge in [0.25, 0.3) is 5.92 Å². The second-order valence-electron chi connectivity index (χ2n) is 3.93. The van der Waals surface area contributed by atoms with Gasteiger partial charge in [0.1, 0.15) is 17.0 Å². The fourth-order valence-corrected chi connectivity index (χ4v) is 1.94. The number of carbonyl (C=O) groups is 1. The van der Waals surface area contributed by atoms with Crippen LogP contribution in [0.15, 0.2) is 16.7 Å². The van der Waals surface area contributed by atoms with E-state index < -0.39 is 49.1 Å². The molecule has 0 bridgehead atoms. The second-order valence-corrected chi connectivity index (χ2v) is 4.74. The maximum Gasteiger partial charge on any atom is 0.404 e. The summed E-state index contributed by atoms with van der Waals surface area (Å²) in [5.74, 6) is -6.30. The highest BCUT2D eigenvalue weighted by Gasteiger charge is 2.42. The lowest BCUT2D eigenvalue weighted by molar-refractivity contribution is -0.0789. The third-order valence-electron chi connectivity index (χ3n) is 2.54. The Kier molecular flexibility index (Phi) is 5.75. The molecule has 0 aliphatic rings. The summed E-state index contributed by atoms with van der Waals surface area (Å²) in [6.07, 6.45) is -1.56. The fraction of sp³-hybridized carbons (Fsp3) is 0.455. The summed E-state index contributed by atoms with van der Waals surface area (Å²) < 4.78 is 45.6. The predicted octanol–water partition coefficient (Wildman–Crippen LogP) is 2.18. The lowest BCUT2D eigenvalue weighted by Gasteiger charge is -2.25. The number of ether oxygens (including phenoxy) is 1. The van der Waals surface area contributed by atoms with Crippen molar-refractivity contribution in [3.8, 4) is 0 Å². The molecule has 20 heavy (non-hydrogen) atoms. The Morgan fingerprint density at radius 3 is 2.75 bits per heavy atom. The number of pyridine rings is 1. The van der Waals surface area contributed by atoms with Crippen molar-refractivity contribution in [3.05, 3.63) is 28.2 Å². The zero-order valence-electron chi connectivity index (χ0n) is 10.2. The Morgan fingerprint density at radius 2 is 2.20 bits per heavy atom. The molecule has 0 aliphatic heterocycles. The van der Waals surface area contributed by atoms with Crippen LogP contribution in [-0.4, -0.2) is 35.3 Å². The van der Waals surface area contributed by atoms with E-state index in [0.29, 0.717) is 0 Å². The van der Waals surface area contributed by atoms with Crippen LogP contribution >= 0.6 is 15.9 Å². The smallest absolute Gasteiger partial charge is 0.404 e. The van der Waals surface area contributed by atoms with Gasteiger partial charge in [-0.1, -0.05) is 0 Å². The number of carbonyl (C=O) groups excluding carboxylic acids is 1. The van der Waals surface area contributed by atoms with E-state index in [-0.39, 0.29) is 4.60 Å². The number of halogens is 4. The summed E-state index contributed by atoms with van der Waals surface area (Å²) in [5, 5.41) is 8.75. The molecular weight excluding hydrogens is 345 g/mol. The molecule has 0 saturated heterocycles. The predicted molar refractivity (Wildman–Crippen MR) is 66.8 cm³/mol. The number of amides is 1. The second kappa shape index (κ2) is 6.89. The molecule has 0 saturated carbocycles. The molecule has 9 heteroatoms. The first kappa shape index (κ1) is 16.7. The largest absolute Gasteiger partial charge is 0.450 e. The average Bonchev–Trinajstić information content (AvgIpc) is 2.37. The first-order valence-electron chi connectivity index (χ1n) is 5.50. The van der Waals surface area contributed by atoms with Crippen LogP contribution in [-0.2, 0) is 4.74 Å². The molecule has 112 valence electrons. The summed E-state index contributed by atoms with van der Waals surface area (Å²) in [4.78, 5) is 14.1. The topological polar surface area (TPSA) is 85.4 Å². The van der Waals surface area contributed by atoms with Gasteiger partial charge in [0.05, 0.1) is 18.2 Å². The molecule has 1 aromatic rings. The lowest BCUT2D eigenvalue weighted by Crippen LogP contribution is -2.33. The number of aliphatic hydroxyl groups excluding tert-OH is 1. The van der Waals surface area contributed by atoms with Gasteiger partial charge >= 0.3 is 6.09 Å². The normalized spacial score (nSPS) is 13.1. The lowest BCUT2D eigenvalue weighted by atomic mass is 9.93. The summed E-state index contributed by atoms with van der Waals surface area (Å²) in [5.41, 5.74) is 4.20. The number of alkyl halides is 2. The Balaban J connectivity index is 3.03. The quantitative estimate of drug-likeness (QED) is 0.765. The maximum atomic E-state index is 13.7. The zero-order valence-corrected chi connectivity index (χ0v) is 11.7. The first-order valence-corrected chi connectivity index (χ1v) is 6.30. The number of nitrogens with two attached hydrogens (primary N) is 1. The van der Waals surface area contributed by atoms with E-state index in [1.165, 1.54) is 6.07 Å². The molecule has 1 amide bonds. The summed E-state index contributed by atoms with van der Waals surface area (Å²) in [7, 11) is 0. The van der Waals surface area contributed by atoms with E-state index in [9.17, 15) is 18.0 Å². The molecule has 1 rings (SSSR count). The third-order valence-corrected chi connectivity index (χ3v) is 2.98. The molecule has 0 radical (unpaired) electrons. The Bertz CT molecular complexity index is 488. The number of hydrogen-bond acceptors (Lipinski definition) is 4. The van der Waals surface area contributed by atoms with Crippen LogP contribution in [0.4, 0.5) is 18.0 Å². The van der Waals surface area contributed by atoms with Crippen LogP contribution in [0.5, 0.6) is 0 Å². The van der Waals surface area contributed by atoms with E-state index in [1.807, 2.05) is 0 Å². The van der Waals surface area contributed by atoms with E-state index in [4.69, 9.17) is 10.8 Å². The van der Waals surface area contributed by atoms with E-state index in [0.717, 1.165) is 6.07 Å². The standard InChI is InChI=1S/C11H12BrF3N2O3/c12-8-2-1-7(13)9(17-8)6(11(14,15)5-18)3-4-20-10(16)19/h1-2,6,18H,3-5H2,(H2,16,19). The monoisotopic (exact) mass is 356 g/mol. The van der Waals surface area contributed by atoms with Crippen molar-refractivity contribution in [2.45, 2.75) is 18.3 Å². The molecule has 3 N–H and O–H groups in total. The highest BCUT2D eigenvalue weighted by molar-refractivity contribution is 9.10. The Labute approximate surface area is 121 Å². The third kappa shape index (κ3) is 4.34. The molecule has 1 aromatic heterocycles. The Morgan fingerprint density at radius 1 is 1.55 bits per heavy atom. The molecule has 1 heterocycles. The van der Waals surface area contributed by atoms with Crippen LogP contribution in [0.25, 0.3) is 0 Å². The number of aromatic nitrogens is 1. The molecule has 1 unspecified atom stereocenters. The van der Waals surface area contributed by atoms with Gasteiger partial charge in [-0.2, -0.15) is 0 Å². The fourth-order valence-electron chi connectivity index (χ4n) is 1.61. The molecule has 1 atom stereocenters. The molecule has 0 fully saturated rings. The minimum absolute atomic E-state index is 0.170. The summed E-state index contributed by atoms with van der Waals surface area (Å²) in [6.45, 7) is -1.93. The van der Waals surface area contributed by atoms with Gasteiger partial charge < -0.3 is 15.6 Å². The molecule has 5 nitrogen and oxygen atoms in total. The number of primary amides is 1. The summed E-state index contributed by atoms with van der Waals surface area (Å²) in [6, 6.07) is 2.23. The minimum Gasteiger partial charge on any atom is -0.450 e. The van der Waals surface area contributed by atoms with E-state index in [2.05, 4.69) is 25.7 Å². The van der Waals surface area contributed by atoms with Gasteiger partial charge in [-0.15, -0.1) is 0 Å². The SMILES string of the molecule is NC(=O)OCCC(c1nc(Br)ccc1F)C(F)(F)CO. The first-order chi connectivity index (χ1) is 9.27. The van der Waals surface area contributed by atoms with Crippen LogP contribution < -0.4 is 5.73 Å². The van der Waals surface area contributed by atoms with Crippen molar-refractivity contribution in [1.29, 1.82) is 0 Å². The van der Waals surface area contributed by atoms with Crippen molar-refractivity contribution in [3.63, 3.8) is 0 Å². The van der Waals surface area contributed by atoms with Gasteiger partial charge in [-0.25, -0.2) is 22.9 Å². The van der Waals surface area contributed by atoms with Gasteiger partial charge in [0, 0.05) is 0 Å². The van der Waals surface area contributed by atoms with Crippen molar-refractivity contribution in [2.75, 3.05) is 13.2 Å². The zero-order chi connectivity index (χ0) is 15.3. The molecular formula is C11H12BrF3N2O3. The van der Waals surface area contributed by atoms with Gasteiger partial charge in [0.15, 0.2) is 0 Å². The van der Waals surface area contributed by atoms with Crippen LogP contribution in [0, 0.1) is 5.82 Å². The Hall–Kier alpha value is -1.35. The minimum atomic E-state index is -3.62. The van der Waals surface area contributed by atoms with Gasteiger partial charge in [-0.05, 0) is 34.5 Å². The van der Waals surface area contributed by atoms with Crippen molar-refractivity contribution in [1.82, 2.24) is 4.98 Å². The number of aliphatic hydroxyl groups is 1. The van der Waals surface area contributed by atoms with Crippen LogP contribution in [0.1, 0.15) is 18.0 Å². The molecule has 0 spiro atoms. The number of rotatable bonds is 6. The summed E-state index contributed by atoms with van der Waals surface area (Å²) >= 11 is 2.95. The van der Waals surface area contributed by atoms with Gasteiger partial charge in [0.2, 0.25) is 0 Å². The van der Waals surface area contributed by atoms with Crippen molar-refractivity contribution >= 4 is 22.0 Å². The highest BCUT2D eigenvalue weighted by atomic mass is 79.9. The number of nitrogens with zero attached hydrogens (tertiary/aromatic N) is 1. The van der Waals surface area contributed by atoms with Crippen molar-refractivity contribution < 1.29 is 27.8 Å². The average molecular weight is 357 g/mol. The van der Waals surface area contributed by atoms with E-state index >= 15 is 0 Å².